The van der Waals surface area contributed by atoms with E-state index < -0.39 is 39.5 Å². The highest BCUT2D eigenvalue weighted by molar-refractivity contribution is 6.31. The first-order valence-corrected chi connectivity index (χ1v) is 8.14. The van der Waals surface area contributed by atoms with Gasteiger partial charge < -0.3 is 9.47 Å². The SMILES string of the molecule is CC1C2(C)OC(=N)C1(C#N)C(C#N)(C#N)C(c1cc([N+](=O)[O-])ccc1Cl)O2. The van der Waals surface area contributed by atoms with E-state index >= 15 is 0 Å². The van der Waals surface area contributed by atoms with Gasteiger partial charge in [-0.05, 0) is 6.07 Å². The highest BCUT2D eigenvalue weighted by Gasteiger charge is 2.78. The van der Waals surface area contributed by atoms with E-state index in [0.717, 1.165) is 6.07 Å². The van der Waals surface area contributed by atoms with Gasteiger partial charge in [0.05, 0.1) is 29.0 Å². The molecule has 27 heavy (non-hydrogen) atoms. The number of hydrogen-bond donors (Lipinski definition) is 1. The quantitative estimate of drug-likeness (QED) is 0.604. The van der Waals surface area contributed by atoms with Gasteiger partial charge in [0.15, 0.2) is 5.41 Å². The van der Waals surface area contributed by atoms with Gasteiger partial charge in [0.2, 0.25) is 17.1 Å². The molecule has 0 saturated carbocycles. The van der Waals surface area contributed by atoms with Crippen LogP contribution in [0.3, 0.4) is 0 Å². The lowest BCUT2D eigenvalue weighted by Gasteiger charge is -2.47. The number of nitriles is 3. The number of nitro benzene ring substituents is 1. The molecule has 4 unspecified atom stereocenters. The fourth-order valence-electron chi connectivity index (χ4n) is 3.83. The fraction of sp³-hybridized carbons (Fsp3) is 0.412. The first kappa shape index (κ1) is 18.6. The van der Waals surface area contributed by atoms with E-state index in [1.54, 1.807) is 6.92 Å². The van der Waals surface area contributed by atoms with E-state index in [1.165, 1.54) is 19.1 Å². The minimum atomic E-state index is -2.20. The van der Waals surface area contributed by atoms with Crippen LogP contribution >= 0.6 is 11.6 Å². The zero-order valence-electron chi connectivity index (χ0n) is 14.2. The van der Waals surface area contributed by atoms with Crippen LogP contribution in [0.2, 0.25) is 5.02 Å². The maximum atomic E-state index is 11.2. The molecule has 3 rings (SSSR count). The molecule has 2 bridgehead atoms. The molecule has 2 heterocycles. The summed E-state index contributed by atoms with van der Waals surface area (Å²) < 4.78 is 11.4. The number of fused-ring (bicyclic) bond motifs is 2. The van der Waals surface area contributed by atoms with Crippen molar-refractivity contribution in [3.05, 3.63) is 38.9 Å². The Morgan fingerprint density at radius 2 is 1.93 bits per heavy atom. The lowest BCUT2D eigenvalue weighted by molar-refractivity contribution is -0.385. The summed E-state index contributed by atoms with van der Waals surface area (Å²) in [7, 11) is 0. The minimum absolute atomic E-state index is 0.00465. The average molecular weight is 386 g/mol. The lowest BCUT2D eigenvalue weighted by Crippen LogP contribution is -2.57. The van der Waals surface area contributed by atoms with Crippen LogP contribution in [-0.2, 0) is 9.47 Å². The van der Waals surface area contributed by atoms with Crippen molar-refractivity contribution in [2.24, 2.45) is 16.7 Å². The van der Waals surface area contributed by atoms with Crippen molar-refractivity contribution in [1.29, 1.82) is 21.2 Å². The zero-order chi connectivity index (χ0) is 20.2. The van der Waals surface area contributed by atoms with Crippen LogP contribution < -0.4 is 0 Å². The second-order valence-electron chi connectivity index (χ2n) is 6.58. The molecule has 9 nitrogen and oxygen atoms in total. The fourth-order valence-corrected chi connectivity index (χ4v) is 4.05. The Kier molecular flexibility index (Phi) is 3.89. The molecule has 1 aromatic carbocycles. The van der Waals surface area contributed by atoms with Gasteiger partial charge in [0.1, 0.15) is 6.10 Å². The molecule has 2 fully saturated rings. The van der Waals surface area contributed by atoms with Crippen LogP contribution in [0.5, 0.6) is 0 Å². The Hall–Kier alpha value is -3.19. The minimum Gasteiger partial charge on any atom is -0.448 e. The summed E-state index contributed by atoms with van der Waals surface area (Å²) in [5.74, 6) is -2.86. The molecule has 0 radical (unpaired) electrons. The topological polar surface area (TPSA) is 157 Å². The van der Waals surface area contributed by atoms with E-state index in [0.29, 0.717) is 0 Å². The average Bonchev–Trinajstić information content (AvgIpc) is 2.77. The second kappa shape index (κ2) is 5.65. The van der Waals surface area contributed by atoms with Crippen molar-refractivity contribution in [1.82, 2.24) is 0 Å². The van der Waals surface area contributed by atoms with Crippen molar-refractivity contribution >= 4 is 23.2 Å². The van der Waals surface area contributed by atoms with Crippen molar-refractivity contribution in [2.75, 3.05) is 0 Å². The van der Waals surface area contributed by atoms with Crippen molar-refractivity contribution in [2.45, 2.75) is 25.7 Å². The summed E-state index contributed by atoms with van der Waals surface area (Å²) in [5, 5.41) is 49.2. The Bertz CT molecular complexity index is 992. The first-order chi connectivity index (χ1) is 12.6. The molecule has 136 valence electrons. The normalized spacial score (nSPS) is 33.3. The molecule has 0 spiro atoms. The molecule has 0 amide bonds. The summed E-state index contributed by atoms with van der Waals surface area (Å²) in [6, 6.07) is 9.12. The van der Waals surface area contributed by atoms with E-state index in [4.69, 9.17) is 26.5 Å². The van der Waals surface area contributed by atoms with Crippen LogP contribution in [-0.4, -0.2) is 16.6 Å². The molecule has 1 N–H and O–H groups in total. The van der Waals surface area contributed by atoms with Crippen LogP contribution in [0, 0.1) is 66.3 Å². The van der Waals surface area contributed by atoms with Gasteiger partial charge in [0.25, 0.3) is 5.69 Å². The maximum Gasteiger partial charge on any atom is 0.269 e. The number of non-ortho nitro benzene ring substituents is 1. The van der Waals surface area contributed by atoms with Crippen LogP contribution in [0.15, 0.2) is 18.2 Å². The lowest BCUT2D eigenvalue weighted by atomic mass is 9.54. The number of nitrogens with zero attached hydrogens (tertiary/aromatic N) is 4. The van der Waals surface area contributed by atoms with Crippen molar-refractivity contribution < 1.29 is 14.4 Å². The Morgan fingerprint density at radius 3 is 2.44 bits per heavy atom. The number of ether oxygens (including phenoxy) is 2. The predicted molar refractivity (Wildman–Crippen MR) is 90.0 cm³/mol. The summed E-state index contributed by atoms with van der Waals surface area (Å²) in [6.45, 7) is 3.04. The van der Waals surface area contributed by atoms with Crippen LogP contribution in [0.4, 0.5) is 5.69 Å². The summed E-state index contributed by atoms with van der Waals surface area (Å²) in [5.41, 5.74) is -4.44. The summed E-state index contributed by atoms with van der Waals surface area (Å²) in [4.78, 5) is 10.5. The molecular formula is C17H12ClN5O4. The molecule has 0 aromatic heterocycles. The summed E-state index contributed by atoms with van der Waals surface area (Å²) in [6.07, 6.45) is -1.44. The highest BCUT2D eigenvalue weighted by Crippen LogP contribution is 2.66. The third kappa shape index (κ3) is 2.03. The van der Waals surface area contributed by atoms with E-state index in [2.05, 4.69) is 0 Å². The molecule has 0 aliphatic carbocycles. The van der Waals surface area contributed by atoms with Crippen LogP contribution in [0.1, 0.15) is 25.5 Å². The predicted octanol–water partition coefficient (Wildman–Crippen LogP) is 3.22. The molecule has 2 aliphatic rings. The van der Waals surface area contributed by atoms with Crippen molar-refractivity contribution in [3.8, 4) is 18.2 Å². The Morgan fingerprint density at radius 1 is 1.30 bits per heavy atom. The monoisotopic (exact) mass is 385 g/mol. The zero-order valence-corrected chi connectivity index (χ0v) is 14.9. The van der Waals surface area contributed by atoms with Gasteiger partial charge >= 0.3 is 0 Å². The Labute approximate surface area is 158 Å². The van der Waals surface area contributed by atoms with E-state index in [1.807, 2.05) is 18.2 Å². The van der Waals surface area contributed by atoms with Gasteiger partial charge in [-0.2, -0.15) is 15.8 Å². The standard InChI is InChI=1S/C17H12ClN5O4/c1-9-15(2)26-13(11-5-10(23(24)25)3-4-12(11)18)16(6-19,7-20)17(9,8-21)14(22)27-15/h3-5,9,13,22H,1-2H3. The van der Waals surface area contributed by atoms with E-state index in [9.17, 15) is 25.9 Å². The third-order valence-electron chi connectivity index (χ3n) is 5.47. The maximum absolute atomic E-state index is 11.2. The van der Waals surface area contributed by atoms with Gasteiger partial charge in [-0.15, -0.1) is 0 Å². The number of rotatable bonds is 2. The third-order valence-corrected chi connectivity index (χ3v) is 5.81. The molecule has 4 atom stereocenters. The summed E-state index contributed by atoms with van der Waals surface area (Å²) >= 11 is 6.20. The van der Waals surface area contributed by atoms with Crippen molar-refractivity contribution in [3.63, 3.8) is 0 Å². The Balaban J connectivity index is 2.36. The smallest absolute Gasteiger partial charge is 0.269 e. The van der Waals surface area contributed by atoms with Gasteiger partial charge in [-0.3, -0.25) is 15.5 Å². The van der Waals surface area contributed by atoms with Gasteiger partial charge in [0, 0.05) is 29.6 Å². The largest absolute Gasteiger partial charge is 0.448 e. The van der Waals surface area contributed by atoms with Gasteiger partial charge in [-0.25, -0.2) is 0 Å². The molecule has 1 aromatic rings. The molecule has 10 heteroatoms. The molecule has 2 aliphatic heterocycles. The van der Waals surface area contributed by atoms with Crippen LogP contribution in [0.25, 0.3) is 0 Å². The highest BCUT2D eigenvalue weighted by atomic mass is 35.5. The van der Waals surface area contributed by atoms with Gasteiger partial charge in [-0.1, -0.05) is 18.5 Å². The first-order valence-electron chi connectivity index (χ1n) is 7.77. The number of benzene rings is 1. The molecular weight excluding hydrogens is 374 g/mol. The number of nitrogens with one attached hydrogen (secondary N) is 1. The second-order valence-corrected chi connectivity index (χ2v) is 6.99. The molecule has 2 saturated heterocycles. The number of nitro groups is 1. The number of hydrogen-bond acceptors (Lipinski definition) is 8. The number of halogens is 1. The van der Waals surface area contributed by atoms with E-state index in [-0.39, 0.29) is 16.3 Å².